The fourth-order valence-electron chi connectivity index (χ4n) is 2.05. The standard InChI is InChI=1S/C16H9ClN2O4S2/c17-10-1-4-12(5-2-10)23-13-6-3-11(19(21)22)7-9(13)8-14-15(20)18-16(24)25-14/h1-8H,(H,18,20,24)/b14-8-. The molecule has 1 heterocycles. The summed E-state index contributed by atoms with van der Waals surface area (Å²) in [5.41, 5.74) is 0.285. The minimum absolute atomic E-state index is 0.110. The summed E-state index contributed by atoms with van der Waals surface area (Å²) in [5, 5.41) is 14.1. The number of rotatable bonds is 4. The summed E-state index contributed by atoms with van der Waals surface area (Å²) in [6, 6.07) is 10.8. The number of halogens is 1. The molecule has 0 saturated carbocycles. The lowest BCUT2D eigenvalue weighted by Gasteiger charge is -2.09. The molecule has 1 saturated heterocycles. The van der Waals surface area contributed by atoms with Crippen LogP contribution in [-0.4, -0.2) is 15.2 Å². The molecule has 1 fully saturated rings. The van der Waals surface area contributed by atoms with Crippen molar-refractivity contribution in [1.29, 1.82) is 0 Å². The van der Waals surface area contributed by atoms with E-state index in [4.69, 9.17) is 28.6 Å². The van der Waals surface area contributed by atoms with Crippen molar-refractivity contribution >= 4 is 57.6 Å². The van der Waals surface area contributed by atoms with Gasteiger partial charge in [0, 0.05) is 22.7 Å². The fraction of sp³-hybridized carbons (Fsp3) is 0. The van der Waals surface area contributed by atoms with Crippen LogP contribution in [0.3, 0.4) is 0 Å². The maximum Gasteiger partial charge on any atom is 0.270 e. The molecule has 1 aliphatic rings. The van der Waals surface area contributed by atoms with E-state index in [1.807, 2.05) is 0 Å². The van der Waals surface area contributed by atoms with Crippen LogP contribution in [0.15, 0.2) is 47.4 Å². The Morgan fingerprint density at radius 1 is 1.24 bits per heavy atom. The van der Waals surface area contributed by atoms with Gasteiger partial charge in [-0.05, 0) is 36.4 Å². The molecule has 25 heavy (non-hydrogen) atoms. The molecule has 1 amide bonds. The Bertz CT molecular complexity index is 913. The molecule has 2 aromatic carbocycles. The third-order valence-corrected chi connectivity index (χ3v) is 4.59. The number of benzene rings is 2. The number of nitro groups is 1. The number of carbonyl (C=O) groups excluding carboxylic acids is 1. The summed E-state index contributed by atoms with van der Waals surface area (Å²) in [6.07, 6.45) is 1.51. The molecule has 3 rings (SSSR count). The Kier molecular flexibility index (Phi) is 5.03. The fourth-order valence-corrected chi connectivity index (χ4v) is 3.21. The zero-order valence-corrected chi connectivity index (χ0v) is 14.8. The minimum Gasteiger partial charge on any atom is -0.457 e. The van der Waals surface area contributed by atoms with E-state index < -0.39 is 4.92 Å². The van der Waals surface area contributed by atoms with Gasteiger partial charge in [-0.25, -0.2) is 0 Å². The van der Waals surface area contributed by atoms with Crippen molar-refractivity contribution in [3.05, 3.63) is 68.1 Å². The van der Waals surface area contributed by atoms with Crippen molar-refractivity contribution in [2.45, 2.75) is 0 Å². The Labute approximate surface area is 157 Å². The topological polar surface area (TPSA) is 81.5 Å². The van der Waals surface area contributed by atoms with E-state index in [0.29, 0.717) is 31.3 Å². The lowest BCUT2D eigenvalue weighted by molar-refractivity contribution is -0.384. The summed E-state index contributed by atoms with van der Waals surface area (Å²) >= 11 is 11.9. The lowest BCUT2D eigenvalue weighted by atomic mass is 10.1. The van der Waals surface area contributed by atoms with Crippen LogP contribution in [0.1, 0.15) is 5.56 Å². The van der Waals surface area contributed by atoms with Gasteiger partial charge in [0.2, 0.25) is 0 Å². The highest BCUT2D eigenvalue weighted by molar-refractivity contribution is 8.26. The van der Waals surface area contributed by atoms with Crippen molar-refractivity contribution in [2.24, 2.45) is 0 Å². The molecule has 0 spiro atoms. The molecule has 0 radical (unpaired) electrons. The average Bonchev–Trinajstić information content (AvgIpc) is 2.88. The highest BCUT2D eigenvalue weighted by Crippen LogP contribution is 2.34. The van der Waals surface area contributed by atoms with Crippen LogP contribution in [0, 0.1) is 10.1 Å². The van der Waals surface area contributed by atoms with Crippen LogP contribution in [0.4, 0.5) is 5.69 Å². The zero-order chi connectivity index (χ0) is 18.0. The SMILES string of the molecule is O=C1NC(=S)S/C1=C\c1cc([N+](=O)[O-])ccc1Oc1ccc(Cl)cc1. The van der Waals surface area contributed by atoms with Crippen molar-refractivity contribution in [3.8, 4) is 11.5 Å². The van der Waals surface area contributed by atoms with E-state index in [1.54, 1.807) is 24.3 Å². The molecule has 0 aliphatic carbocycles. The number of nitrogens with one attached hydrogen (secondary N) is 1. The molecular formula is C16H9ClN2O4S2. The molecule has 2 aromatic rings. The molecule has 0 aromatic heterocycles. The van der Waals surface area contributed by atoms with Gasteiger partial charge in [-0.15, -0.1) is 0 Å². The zero-order valence-electron chi connectivity index (χ0n) is 12.4. The summed E-state index contributed by atoms with van der Waals surface area (Å²) in [6.45, 7) is 0. The quantitative estimate of drug-likeness (QED) is 0.356. The Hall–Kier alpha value is -2.42. The molecule has 0 atom stereocenters. The van der Waals surface area contributed by atoms with Gasteiger partial charge in [0.05, 0.1) is 9.83 Å². The third-order valence-electron chi connectivity index (χ3n) is 3.17. The molecule has 0 unspecified atom stereocenters. The largest absolute Gasteiger partial charge is 0.457 e. The number of hydrogen-bond acceptors (Lipinski definition) is 6. The normalized spacial score (nSPS) is 15.3. The molecule has 6 nitrogen and oxygen atoms in total. The van der Waals surface area contributed by atoms with Gasteiger partial charge in [0.25, 0.3) is 11.6 Å². The minimum atomic E-state index is -0.513. The number of thioether (sulfide) groups is 1. The van der Waals surface area contributed by atoms with Crippen LogP contribution in [-0.2, 0) is 4.79 Å². The first kappa shape index (κ1) is 17.4. The number of non-ortho nitro benzene ring substituents is 1. The number of ether oxygens (including phenoxy) is 1. The maximum absolute atomic E-state index is 11.8. The van der Waals surface area contributed by atoms with Crippen LogP contribution in [0.2, 0.25) is 5.02 Å². The smallest absolute Gasteiger partial charge is 0.270 e. The Balaban J connectivity index is 2.01. The van der Waals surface area contributed by atoms with Gasteiger partial charge >= 0.3 is 0 Å². The van der Waals surface area contributed by atoms with Gasteiger partial charge < -0.3 is 10.1 Å². The second-order valence-corrected chi connectivity index (χ2v) is 7.04. The van der Waals surface area contributed by atoms with E-state index >= 15 is 0 Å². The number of hydrogen-bond donors (Lipinski definition) is 1. The van der Waals surface area contributed by atoms with Crippen LogP contribution in [0.5, 0.6) is 11.5 Å². The molecule has 126 valence electrons. The van der Waals surface area contributed by atoms with Gasteiger partial charge in [0.1, 0.15) is 15.8 Å². The molecule has 9 heteroatoms. The molecule has 1 N–H and O–H groups in total. The van der Waals surface area contributed by atoms with Gasteiger partial charge in [-0.1, -0.05) is 35.6 Å². The number of thiocarbonyl (C=S) groups is 1. The first-order chi connectivity index (χ1) is 11.9. The number of amides is 1. The van der Waals surface area contributed by atoms with Crippen molar-refractivity contribution in [2.75, 3.05) is 0 Å². The first-order valence-corrected chi connectivity index (χ1v) is 8.49. The predicted octanol–water partition coefficient (Wildman–Crippen LogP) is 4.53. The number of nitro benzene ring substituents is 1. The molecular weight excluding hydrogens is 384 g/mol. The first-order valence-electron chi connectivity index (χ1n) is 6.89. The maximum atomic E-state index is 11.8. The average molecular weight is 393 g/mol. The summed E-state index contributed by atoms with van der Waals surface area (Å²) in [7, 11) is 0. The van der Waals surface area contributed by atoms with Gasteiger partial charge in [-0.2, -0.15) is 0 Å². The molecule has 1 aliphatic heterocycles. The van der Waals surface area contributed by atoms with E-state index in [0.717, 1.165) is 11.8 Å². The second-order valence-electron chi connectivity index (χ2n) is 4.89. The molecule has 0 bridgehead atoms. The van der Waals surface area contributed by atoms with E-state index in [2.05, 4.69) is 5.32 Å². The van der Waals surface area contributed by atoms with E-state index in [-0.39, 0.29) is 11.6 Å². The van der Waals surface area contributed by atoms with E-state index in [1.165, 1.54) is 24.3 Å². The van der Waals surface area contributed by atoms with Crippen molar-refractivity contribution in [3.63, 3.8) is 0 Å². The lowest BCUT2D eigenvalue weighted by Crippen LogP contribution is -2.17. The highest BCUT2D eigenvalue weighted by Gasteiger charge is 2.23. The van der Waals surface area contributed by atoms with Crippen molar-refractivity contribution < 1.29 is 14.5 Å². The predicted molar refractivity (Wildman–Crippen MR) is 101 cm³/mol. The summed E-state index contributed by atoms with van der Waals surface area (Å²) < 4.78 is 6.11. The third kappa shape index (κ3) is 4.16. The number of carbonyl (C=O) groups is 1. The second kappa shape index (κ2) is 7.22. The Morgan fingerprint density at radius 3 is 2.56 bits per heavy atom. The van der Waals surface area contributed by atoms with Crippen molar-refractivity contribution in [1.82, 2.24) is 5.32 Å². The summed E-state index contributed by atoms with van der Waals surface area (Å²) in [4.78, 5) is 22.7. The van der Waals surface area contributed by atoms with E-state index in [9.17, 15) is 14.9 Å². The highest BCUT2D eigenvalue weighted by atomic mass is 35.5. The monoisotopic (exact) mass is 392 g/mol. The van der Waals surface area contributed by atoms with Crippen LogP contribution >= 0.6 is 35.6 Å². The van der Waals surface area contributed by atoms with Crippen LogP contribution < -0.4 is 10.1 Å². The van der Waals surface area contributed by atoms with Crippen LogP contribution in [0.25, 0.3) is 6.08 Å². The van der Waals surface area contributed by atoms with Gasteiger partial charge in [-0.3, -0.25) is 14.9 Å². The Morgan fingerprint density at radius 2 is 1.96 bits per heavy atom. The number of nitrogens with zero attached hydrogens (tertiary/aromatic N) is 1. The summed E-state index contributed by atoms with van der Waals surface area (Å²) in [5.74, 6) is 0.530. The van der Waals surface area contributed by atoms with Gasteiger partial charge in [0.15, 0.2) is 0 Å².